The van der Waals surface area contributed by atoms with E-state index < -0.39 is 5.25 Å². The first-order chi connectivity index (χ1) is 15.0. The van der Waals surface area contributed by atoms with Crippen LogP contribution in [-0.2, 0) is 11.3 Å². The van der Waals surface area contributed by atoms with Gasteiger partial charge in [-0.05, 0) is 31.2 Å². The molecule has 0 spiro atoms. The summed E-state index contributed by atoms with van der Waals surface area (Å²) in [6, 6.07) is 13.1. The molecule has 1 atom stereocenters. The van der Waals surface area contributed by atoms with Gasteiger partial charge >= 0.3 is 0 Å². The van der Waals surface area contributed by atoms with Crippen LogP contribution in [-0.4, -0.2) is 27.8 Å². The number of carbonyl (C=O) groups is 1. The van der Waals surface area contributed by atoms with E-state index in [4.69, 9.17) is 9.40 Å². The summed E-state index contributed by atoms with van der Waals surface area (Å²) in [4.78, 5) is 33.3. The minimum atomic E-state index is -0.435. The second-order valence-electron chi connectivity index (χ2n) is 6.90. The van der Waals surface area contributed by atoms with Crippen LogP contribution in [0.3, 0.4) is 0 Å². The van der Waals surface area contributed by atoms with Crippen molar-refractivity contribution in [2.24, 2.45) is 0 Å². The molecule has 4 aromatic rings. The number of thioether (sulfide) groups is 1. The van der Waals surface area contributed by atoms with Gasteiger partial charge in [0, 0.05) is 30.2 Å². The predicted molar refractivity (Wildman–Crippen MR) is 127 cm³/mol. The number of thiophene rings is 1. The molecular formula is C23H21N3O3S2. The number of para-hydroxylation sites is 1. The van der Waals surface area contributed by atoms with E-state index >= 15 is 0 Å². The lowest BCUT2D eigenvalue weighted by molar-refractivity contribution is -0.117. The van der Waals surface area contributed by atoms with E-state index in [0.29, 0.717) is 27.7 Å². The fourth-order valence-electron chi connectivity index (χ4n) is 3.26. The van der Waals surface area contributed by atoms with E-state index in [9.17, 15) is 9.59 Å². The zero-order chi connectivity index (χ0) is 22.0. The summed E-state index contributed by atoms with van der Waals surface area (Å²) in [5, 5.41) is 2.46. The Morgan fingerprint density at radius 1 is 1.32 bits per heavy atom. The van der Waals surface area contributed by atoms with Gasteiger partial charge in [0.25, 0.3) is 5.56 Å². The summed E-state index contributed by atoms with van der Waals surface area (Å²) >= 11 is 2.66. The van der Waals surface area contributed by atoms with Gasteiger partial charge in [0.2, 0.25) is 5.91 Å². The number of furan rings is 1. The SMILES string of the molecule is C=CCn1c(S[C@H](C)C(=O)N(C)c2ccccc2)nc2scc(-c3ccco3)c2c1=O. The molecule has 0 aliphatic rings. The van der Waals surface area contributed by atoms with E-state index in [-0.39, 0.29) is 11.5 Å². The predicted octanol–water partition coefficient (Wildman–Crippen LogP) is 5.05. The molecule has 158 valence electrons. The number of anilines is 1. The Bertz CT molecular complexity index is 1280. The molecule has 0 aliphatic carbocycles. The molecule has 0 saturated carbocycles. The Balaban J connectivity index is 1.70. The Morgan fingerprint density at radius 2 is 2.10 bits per heavy atom. The van der Waals surface area contributed by atoms with Crippen LogP contribution < -0.4 is 10.5 Å². The molecule has 8 heteroatoms. The summed E-state index contributed by atoms with van der Waals surface area (Å²) in [7, 11) is 1.75. The van der Waals surface area contributed by atoms with Crippen molar-refractivity contribution in [2.45, 2.75) is 23.9 Å². The third-order valence-electron chi connectivity index (χ3n) is 4.86. The van der Waals surface area contributed by atoms with Crippen LogP contribution in [0.2, 0.25) is 0 Å². The molecule has 0 radical (unpaired) electrons. The normalized spacial score (nSPS) is 12.1. The third kappa shape index (κ3) is 4.08. The minimum absolute atomic E-state index is 0.0712. The fraction of sp³-hybridized carbons (Fsp3) is 0.174. The highest BCUT2D eigenvalue weighted by atomic mass is 32.2. The molecule has 6 nitrogen and oxygen atoms in total. The van der Waals surface area contributed by atoms with Gasteiger partial charge in [-0.1, -0.05) is 36.0 Å². The summed E-state index contributed by atoms with van der Waals surface area (Å²) in [6.07, 6.45) is 3.23. The number of hydrogen-bond acceptors (Lipinski definition) is 6. The molecule has 1 amide bonds. The lowest BCUT2D eigenvalue weighted by Crippen LogP contribution is -2.34. The van der Waals surface area contributed by atoms with Crippen LogP contribution in [0.5, 0.6) is 0 Å². The molecule has 3 aromatic heterocycles. The van der Waals surface area contributed by atoms with Gasteiger partial charge < -0.3 is 9.32 Å². The average molecular weight is 452 g/mol. The zero-order valence-electron chi connectivity index (χ0n) is 17.1. The van der Waals surface area contributed by atoms with Gasteiger partial charge in [0.1, 0.15) is 10.6 Å². The monoisotopic (exact) mass is 451 g/mol. The lowest BCUT2D eigenvalue weighted by atomic mass is 10.2. The molecule has 0 unspecified atom stereocenters. The van der Waals surface area contributed by atoms with E-state index in [1.54, 1.807) is 34.9 Å². The maximum absolute atomic E-state index is 13.4. The smallest absolute Gasteiger partial charge is 0.263 e. The van der Waals surface area contributed by atoms with E-state index in [1.165, 1.54) is 23.1 Å². The van der Waals surface area contributed by atoms with Crippen LogP contribution >= 0.6 is 23.1 Å². The highest BCUT2D eigenvalue weighted by Gasteiger charge is 2.24. The first kappa shape index (κ1) is 21.1. The second kappa shape index (κ2) is 8.95. The lowest BCUT2D eigenvalue weighted by Gasteiger charge is -2.21. The molecule has 0 N–H and O–H groups in total. The molecule has 0 fully saturated rings. The van der Waals surface area contributed by atoms with Crippen LogP contribution in [0.1, 0.15) is 6.92 Å². The van der Waals surface area contributed by atoms with Crippen LogP contribution in [0.25, 0.3) is 21.5 Å². The molecule has 0 aliphatic heterocycles. The van der Waals surface area contributed by atoms with Gasteiger partial charge in [-0.15, -0.1) is 17.9 Å². The first-order valence-electron chi connectivity index (χ1n) is 9.67. The van der Waals surface area contributed by atoms with Crippen molar-refractivity contribution in [3.63, 3.8) is 0 Å². The maximum Gasteiger partial charge on any atom is 0.263 e. The molecule has 31 heavy (non-hydrogen) atoms. The molecule has 4 rings (SSSR count). The van der Waals surface area contributed by atoms with Crippen molar-refractivity contribution in [1.82, 2.24) is 9.55 Å². The number of nitrogens with zero attached hydrogens (tertiary/aromatic N) is 3. The standard InChI is InChI=1S/C23H21N3O3S2/c1-4-12-26-22(28)19-17(18-11-8-13-29-18)14-30-20(19)24-23(26)31-15(2)21(27)25(3)16-9-6-5-7-10-16/h4-11,13-15H,1,12H2,2-3H3/t15-/m1/s1. The summed E-state index contributed by atoms with van der Waals surface area (Å²) in [5.74, 6) is 0.557. The number of allylic oxidation sites excluding steroid dienone is 1. The van der Waals surface area contributed by atoms with Crippen molar-refractivity contribution in [1.29, 1.82) is 0 Å². The topological polar surface area (TPSA) is 68.3 Å². The Hall–Kier alpha value is -3.10. The van der Waals surface area contributed by atoms with Crippen molar-refractivity contribution in [3.05, 3.63) is 77.1 Å². The number of carbonyl (C=O) groups excluding carboxylic acids is 1. The van der Waals surface area contributed by atoms with Crippen LogP contribution in [0.15, 0.2) is 81.1 Å². The van der Waals surface area contributed by atoms with Gasteiger partial charge in [-0.2, -0.15) is 0 Å². The molecule has 0 bridgehead atoms. The number of benzene rings is 1. The van der Waals surface area contributed by atoms with Gasteiger partial charge in [0.05, 0.1) is 16.9 Å². The van der Waals surface area contributed by atoms with Gasteiger partial charge in [0.15, 0.2) is 5.16 Å². The highest BCUT2D eigenvalue weighted by Crippen LogP contribution is 2.33. The molecule has 3 heterocycles. The Morgan fingerprint density at radius 3 is 2.77 bits per heavy atom. The highest BCUT2D eigenvalue weighted by molar-refractivity contribution is 8.00. The van der Waals surface area contributed by atoms with E-state index in [2.05, 4.69) is 6.58 Å². The number of fused-ring (bicyclic) bond motifs is 1. The third-order valence-corrected chi connectivity index (χ3v) is 6.81. The molecular weight excluding hydrogens is 430 g/mol. The van der Waals surface area contributed by atoms with Crippen molar-refractivity contribution < 1.29 is 9.21 Å². The van der Waals surface area contributed by atoms with Crippen molar-refractivity contribution >= 4 is 44.9 Å². The Labute approximate surface area is 187 Å². The van der Waals surface area contributed by atoms with Crippen LogP contribution in [0.4, 0.5) is 5.69 Å². The summed E-state index contributed by atoms with van der Waals surface area (Å²) in [5.41, 5.74) is 1.37. The second-order valence-corrected chi connectivity index (χ2v) is 9.06. The number of amides is 1. The minimum Gasteiger partial charge on any atom is -0.464 e. The van der Waals surface area contributed by atoms with Crippen molar-refractivity contribution in [2.75, 3.05) is 11.9 Å². The van der Waals surface area contributed by atoms with Crippen LogP contribution in [0, 0.1) is 0 Å². The van der Waals surface area contributed by atoms with Crippen molar-refractivity contribution in [3.8, 4) is 11.3 Å². The average Bonchev–Trinajstić information content (AvgIpc) is 3.45. The van der Waals surface area contributed by atoms with Gasteiger partial charge in [-0.25, -0.2) is 4.98 Å². The summed E-state index contributed by atoms with van der Waals surface area (Å²) < 4.78 is 7.05. The van der Waals surface area contributed by atoms with Gasteiger partial charge in [-0.3, -0.25) is 14.2 Å². The van der Waals surface area contributed by atoms with E-state index in [1.807, 2.05) is 48.7 Å². The largest absolute Gasteiger partial charge is 0.464 e. The maximum atomic E-state index is 13.4. The van der Waals surface area contributed by atoms with E-state index in [0.717, 1.165) is 11.3 Å². The first-order valence-corrected chi connectivity index (χ1v) is 11.4. The fourth-order valence-corrected chi connectivity index (χ4v) is 5.24. The molecule has 1 aromatic carbocycles. The summed E-state index contributed by atoms with van der Waals surface area (Å²) in [6.45, 7) is 5.89. The number of rotatable bonds is 7. The quantitative estimate of drug-likeness (QED) is 0.223. The number of hydrogen-bond donors (Lipinski definition) is 0. The Kier molecular flexibility index (Phi) is 6.11. The molecule has 0 saturated heterocycles. The zero-order valence-corrected chi connectivity index (χ0v) is 18.8. The number of aromatic nitrogens is 2.